The van der Waals surface area contributed by atoms with E-state index in [1.165, 1.54) is 6.07 Å². The molecule has 0 spiro atoms. The monoisotopic (exact) mass is 475 g/mol. The number of benzene rings is 3. The first-order valence-electron chi connectivity index (χ1n) is 10.8. The Kier molecular flexibility index (Phi) is 5.69. The Hall–Kier alpha value is -4.60. The fraction of sp³-hybridized carbons (Fsp3) is 0.120. The number of carbonyl (C=O) groups excluding carboxylic acids is 1. The van der Waals surface area contributed by atoms with Gasteiger partial charge >= 0.3 is 6.09 Å². The summed E-state index contributed by atoms with van der Waals surface area (Å²) in [4.78, 5) is 30.9. The molecule has 3 aromatic carbocycles. The zero-order valence-electron chi connectivity index (χ0n) is 18.5. The van der Waals surface area contributed by atoms with Gasteiger partial charge in [-0.2, -0.15) is 5.10 Å². The van der Waals surface area contributed by atoms with Crippen molar-refractivity contribution >= 4 is 33.8 Å². The van der Waals surface area contributed by atoms with E-state index in [1.54, 1.807) is 49.4 Å². The Morgan fingerprint density at radius 1 is 1.06 bits per heavy atom. The Morgan fingerprint density at radius 2 is 1.86 bits per heavy atom. The summed E-state index contributed by atoms with van der Waals surface area (Å²) >= 11 is 0. The highest BCUT2D eigenvalue weighted by atomic mass is 19.1. The summed E-state index contributed by atoms with van der Waals surface area (Å²) in [7, 11) is 0. The molecular weight excluding hydrogens is 456 g/mol. The van der Waals surface area contributed by atoms with Crippen molar-refractivity contribution in [3.05, 3.63) is 87.8 Å². The molecule has 0 saturated heterocycles. The van der Waals surface area contributed by atoms with Gasteiger partial charge in [0.05, 0.1) is 28.7 Å². The van der Waals surface area contributed by atoms with Crippen LogP contribution < -0.4 is 10.9 Å². The Labute approximate surface area is 197 Å². The number of hydrogen-bond donors (Lipinski definition) is 3. The molecule has 0 radical (unpaired) electrons. The molecule has 0 aliphatic heterocycles. The van der Waals surface area contributed by atoms with E-state index in [0.717, 1.165) is 6.07 Å². The van der Waals surface area contributed by atoms with Crippen LogP contribution in [0.25, 0.3) is 32.9 Å². The van der Waals surface area contributed by atoms with Crippen LogP contribution in [0.15, 0.2) is 59.4 Å². The van der Waals surface area contributed by atoms with Gasteiger partial charge in [-0.3, -0.25) is 10.1 Å². The van der Waals surface area contributed by atoms with Crippen molar-refractivity contribution in [2.75, 3.05) is 11.9 Å². The van der Waals surface area contributed by atoms with Crippen LogP contribution in [0.1, 0.15) is 18.2 Å². The zero-order chi connectivity index (χ0) is 24.5. The van der Waals surface area contributed by atoms with E-state index in [4.69, 9.17) is 4.74 Å². The maximum absolute atomic E-state index is 14.8. The minimum absolute atomic E-state index is 0.0503. The number of anilines is 1. The van der Waals surface area contributed by atoms with Gasteiger partial charge in [0.15, 0.2) is 0 Å². The number of ether oxygens (including phenoxy) is 1. The molecule has 8 nitrogen and oxygen atoms in total. The SMILES string of the molecule is CCOC(=O)Nc1nc2cc(-c3cc(Cc4n[nH]c(=O)c5ccccc45)c(F)cc3F)ccc2[nH]1. The average Bonchev–Trinajstić information content (AvgIpc) is 3.24. The number of aromatic amines is 2. The van der Waals surface area contributed by atoms with Crippen molar-refractivity contribution in [1.82, 2.24) is 20.2 Å². The first-order valence-corrected chi connectivity index (χ1v) is 10.8. The summed E-state index contributed by atoms with van der Waals surface area (Å²) in [5.41, 5.74) is 2.10. The highest BCUT2D eigenvalue weighted by molar-refractivity contribution is 5.88. The molecule has 0 aliphatic carbocycles. The molecule has 3 N–H and O–H groups in total. The molecule has 176 valence electrons. The summed E-state index contributed by atoms with van der Waals surface area (Å²) in [5.74, 6) is -1.26. The first-order chi connectivity index (χ1) is 16.9. The predicted octanol–water partition coefficient (Wildman–Crippen LogP) is 4.90. The van der Waals surface area contributed by atoms with Crippen molar-refractivity contribution in [3.8, 4) is 11.1 Å². The van der Waals surface area contributed by atoms with Crippen LogP contribution in [0.3, 0.4) is 0 Å². The number of nitrogens with zero attached hydrogens (tertiary/aromatic N) is 2. The van der Waals surface area contributed by atoms with Gasteiger partial charge in [0.2, 0.25) is 5.95 Å². The van der Waals surface area contributed by atoms with Crippen LogP contribution in [-0.2, 0) is 11.2 Å². The molecule has 0 fully saturated rings. The fourth-order valence-corrected chi connectivity index (χ4v) is 3.93. The fourth-order valence-electron chi connectivity index (χ4n) is 3.93. The highest BCUT2D eigenvalue weighted by Gasteiger charge is 2.16. The smallest absolute Gasteiger partial charge is 0.413 e. The number of hydrogen-bond acceptors (Lipinski definition) is 5. The van der Waals surface area contributed by atoms with Crippen molar-refractivity contribution in [2.24, 2.45) is 0 Å². The van der Waals surface area contributed by atoms with Crippen molar-refractivity contribution in [2.45, 2.75) is 13.3 Å². The van der Waals surface area contributed by atoms with E-state index in [2.05, 4.69) is 25.5 Å². The lowest BCUT2D eigenvalue weighted by atomic mass is 9.98. The zero-order valence-corrected chi connectivity index (χ0v) is 18.5. The normalized spacial score (nSPS) is 11.2. The number of rotatable bonds is 5. The molecule has 2 aromatic heterocycles. The first kappa shape index (κ1) is 22.2. The van der Waals surface area contributed by atoms with E-state index >= 15 is 0 Å². The number of imidazole rings is 1. The van der Waals surface area contributed by atoms with Crippen LogP contribution in [0.2, 0.25) is 0 Å². The topological polar surface area (TPSA) is 113 Å². The molecule has 0 unspecified atom stereocenters. The highest BCUT2D eigenvalue weighted by Crippen LogP contribution is 2.30. The number of aromatic nitrogens is 4. The minimum Gasteiger partial charge on any atom is -0.450 e. The summed E-state index contributed by atoms with van der Waals surface area (Å²) in [6, 6.07) is 14.2. The standard InChI is InChI=1S/C25H19F2N5O3/c1-2-35-25(34)30-24-28-20-8-7-13(10-22(20)29-24)17-9-14(18(26)12-19(17)27)11-21-15-5-3-4-6-16(15)23(33)32-31-21/h3-10,12H,2,11H2,1H3,(H,32,33)(H2,28,29,30,34). The number of halogens is 2. The second-order valence-electron chi connectivity index (χ2n) is 7.81. The molecule has 1 amide bonds. The summed E-state index contributed by atoms with van der Waals surface area (Å²) < 4.78 is 34.4. The Bertz CT molecular complexity index is 1640. The van der Waals surface area contributed by atoms with E-state index < -0.39 is 17.7 Å². The van der Waals surface area contributed by atoms with Gasteiger partial charge in [-0.25, -0.2) is 23.7 Å². The lowest BCUT2D eigenvalue weighted by molar-refractivity contribution is 0.167. The molecule has 5 aromatic rings. The van der Waals surface area contributed by atoms with Gasteiger partial charge < -0.3 is 9.72 Å². The minimum atomic E-state index is -0.731. The van der Waals surface area contributed by atoms with Gasteiger partial charge in [-0.05, 0) is 42.3 Å². The number of amides is 1. The van der Waals surface area contributed by atoms with E-state index in [-0.39, 0.29) is 35.7 Å². The summed E-state index contributed by atoms with van der Waals surface area (Å²) in [5, 5.41) is 10.0. The number of nitrogens with one attached hydrogen (secondary N) is 3. The summed E-state index contributed by atoms with van der Waals surface area (Å²) in [6.45, 7) is 1.90. The molecule has 35 heavy (non-hydrogen) atoms. The third-order valence-corrected chi connectivity index (χ3v) is 5.56. The average molecular weight is 475 g/mol. The van der Waals surface area contributed by atoms with Gasteiger partial charge in [0.1, 0.15) is 11.6 Å². The van der Waals surface area contributed by atoms with Crippen molar-refractivity contribution in [3.63, 3.8) is 0 Å². The van der Waals surface area contributed by atoms with Crippen LogP contribution >= 0.6 is 0 Å². The molecule has 0 saturated carbocycles. The lowest BCUT2D eigenvalue weighted by Crippen LogP contribution is -2.14. The molecule has 2 heterocycles. The van der Waals surface area contributed by atoms with Gasteiger partial charge in [-0.15, -0.1) is 0 Å². The molecule has 10 heteroatoms. The van der Waals surface area contributed by atoms with Crippen LogP contribution in [0.5, 0.6) is 0 Å². The van der Waals surface area contributed by atoms with Crippen molar-refractivity contribution < 1.29 is 18.3 Å². The largest absolute Gasteiger partial charge is 0.450 e. The third kappa shape index (κ3) is 4.33. The van der Waals surface area contributed by atoms with Crippen molar-refractivity contribution in [1.29, 1.82) is 0 Å². The molecule has 0 bridgehead atoms. The maximum atomic E-state index is 14.8. The second kappa shape index (κ2) is 8.98. The van der Waals surface area contributed by atoms with E-state index in [1.807, 2.05) is 0 Å². The molecule has 0 atom stereocenters. The molecular formula is C25H19F2N5O3. The number of carbonyl (C=O) groups is 1. The quantitative estimate of drug-likeness (QED) is 0.335. The van der Waals surface area contributed by atoms with Crippen LogP contribution in [-0.4, -0.2) is 32.9 Å². The Balaban J connectivity index is 1.51. The predicted molar refractivity (Wildman–Crippen MR) is 127 cm³/mol. The van der Waals surface area contributed by atoms with Gasteiger partial charge in [0, 0.05) is 23.4 Å². The molecule has 0 aliphatic rings. The van der Waals surface area contributed by atoms with Gasteiger partial charge in [-0.1, -0.05) is 24.3 Å². The van der Waals surface area contributed by atoms with Crippen LogP contribution in [0.4, 0.5) is 19.5 Å². The number of H-pyrrole nitrogens is 2. The second-order valence-corrected chi connectivity index (χ2v) is 7.81. The maximum Gasteiger partial charge on any atom is 0.413 e. The number of fused-ring (bicyclic) bond motifs is 2. The van der Waals surface area contributed by atoms with E-state index in [0.29, 0.717) is 33.1 Å². The summed E-state index contributed by atoms with van der Waals surface area (Å²) in [6.07, 6.45) is -0.598. The van der Waals surface area contributed by atoms with Crippen LogP contribution in [0, 0.1) is 11.6 Å². The lowest BCUT2D eigenvalue weighted by Gasteiger charge is -2.10. The van der Waals surface area contributed by atoms with E-state index in [9.17, 15) is 18.4 Å². The third-order valence-electron chi connectivity index (χ3n) is 5.56. The van der Waals surface area contributed by atoms with Gasteiger partial charge in [0.25, 0.3) is 5.56 Å². The Morgan fingerprint density at radius 3 is 2.66 bits per heavy atom. The molecule has 5 rings (SSSR count).